The van der Waals surface area contributed by atoms with Crippen LogP contribution in [0.3, 0.4) is 0 Å². The summed E-state index contributed by atoms with van der Waals surface area (Å²) >= 11 is 1.57. The highest BCUT2D eigenvalue weighted by Crippen LogP contribution is 2.35. The smallest absolute Gasteiger partial charge is 0.228 e. The number of sulfone groups is 1. The average Bonchev–Trinajstić information content (AvgIpc) is 3.45. The number of thiazole rings is 1. The summed E-state index contributed by atoms with van der Waals surface area (Å²) in [5, 5.41) is 6.99. The maximum absolute atomic E-state index is 12.7. The fourth-order valence-electron chi connectivity index (χ4n) is 3.86. The Bertz CT molecular complexity index is 1550. The van der Waals surface area contributed by atoms with Crippen LogP contribution in [-0.2, 0) is 14.6 Å². The molecule has 0 unspecified atom stereocenters. The van der Waals surface area contributed by atoms with Crippen LogP contribution in [0.1, 0.15) is 28.6 Å². The van der Waals surface area contributed by atoms with Crippen LogP contribution >= 0.6 is 11.3 Å². The second-order valence-corrected chi connectivity index (χ2v) is 12.0. The molecule has 1 aliphatic rings. The minimum absolute atomic E-state index is 0.0274. The van der Waals surface area contributed by atoms with Gasteiger partial charge in [-0.3, -0.25) is 4.79 Å². The monoisotopic (exact) mass is 496 g/mol. The van der Waals surface area contributed by atoms with Crippen molar-refractivity contribution in [3.05, 3.63) is 40.0 Å². The van der Waals surface area contributed by atoms with E-state index in [4.69, 9.17) is 0 Å². The molecular formula is C23H24N6O3S2. The lowest BCUT2D eigenvalue weighted by atomic mass is 10.1. The second kappa shape index (κ2) is 8.17. The molecule has 0 saturated heterocycles. The topological polar surface area (TPSA) is 130 Å². The summed E-state index contributed by atoms with van der Waals surface area (Å²) in [6, 6.07) is 6.90. The van der Waals surface area contributed by atoms with E-state index < -0.39 is 9.84 Å². The molecule has 4 aromatic rings. The Labute approximate surface area is 201 Å². The molecule has 34 heavy (non-hydrogen) atoms. The van der Waals surface area contributed by atoms with E-state index in [1.807, 2.05) is 26.8 Å². The number of pyridine rings is 1. The highest BCUT2D eigenvalue weighted by molar-refractivity contribution is 7.90. The number of aryl methyl sites for hydroxylation is 3. The van der Waals surface area contributed by atoms with Crippen LogP contribution in [0, 0.1) is 26.7 Å². The number of amides is 1. The third kappa shape index (κ3) is 4.40. The van der Waals surface area contributed by atoms with Crippen molar-refractivity contribution in [2.75, 3.05) is 16.9 Å². The maximum atomic E-state index is 12.7. The largest absolute Gasteiger partial charge is 0.352 e. The van der Waals surface area contributed by atoms with Gasteiger partial charge in [-0.2, -0.15) is 0 Å². The lowest BCUT2D eigenvalue weighted by Gasteiger charge is -2.14. The number of aromatic nitrogens is 4. The van der Waals surface area contributed by atoms with E-state index in [9.17, 15) is 13.2 Å². The fraction of sp³-hybridized carbons (Fsp3) is 0.304. The number of carbonyl (C=O) groups excluding carboxylic acids is 1. The Kier molecular flexibility index (Phi) is 5.40. The number of rotatable bonds is 6. The van der Waals surface area contributed by atoms with Crippen molar-refractivity contribution >= 4 is 55.4 Å². The molecule has 5 rings (SSSR count). The number of nitrogens with one attached hydrogen (secondary N) is 3. The van der Waals surface area contributed by atoms with E-state index in [1.54, 1.807) is 29.5 Å². The molecule has 3 heterocycles. The molecule has 176 valence electrons. The van der Waals surface area contributed by atoms with Gasteiger partial charge < -0.3 is 15.6 Å². The zero-order valence-electron chi connectivity index (χ0n) is 19.2. The van der Waals surface area contributed by atoms with Crippen molar-refractivity contribution in [3.63, 3.8) is 0 Å². The molecule has 0 aliphatic heterocycles. The SMILES string of the molecule is Cc1nc2c(Nc3ccc(-c4nc(C)sc4C)cc3S(C)(=O)=O)cc(NC(=O)C3CC3)nc2[nH]1. The Balaban J connectivity index is 1.58. The number of fused-ring (bicyclic) bond motifs is 1. The zero-order chi connectivity index (χ0) is 24.2. The molecule has 1 saturated carbocycles. The van der Waals surface area contributed by atoms with Gasteiger partial charge in [-0.1, -0.05) is 6.07 Å². The van der Waals surface area contributed by atoms with Gasteiger partial charge in [-0.05, 0) is 45.7 Å². The van der Waals surface area contributed by atoms with Gasteiger partial charge in [0.15, 0.2) is 15.5 Å². The number of H-pyrrole nitrogens is 1. The van der Waals surface area contributed by atoms with Crippen molar-refractivity contribution in [3.8, 4) is 11.3 Å². The number of benzene rings is 1. The molecule has 0 atom stereocenters. The van der Waals surface area contributed by atoms with E-state index in [2.05, 4.69) is 30.6 Å². The Morgan fingerprint density at radius 1 is 1.09 bits per heavy atom. The van der Waals surface area contributed by atoms with Crippen LogP contribution in [-0.4, -0.2) is 40.5 Å². The first-order valence-electron chi connectivity index (χ1n) is 10.8. The van der Waals surface area contributed by atoms with Gasteiger partial charge in [0.2, 0.25) is 5.91 Å². The summed E-state index contributed by atoms with van der Waals surface area (Å²) in [5.41, 5.74) is 3.51. The molecule has 1 amide bonds. The molecule has 0 radical (unpaired) electrons. The summed E-state index contributed by atoms with van der Waals surface area (Å²) in [5.74, 6) is 0.995. The minimum atomic E-state index is -3.57. The van der Waals surface area contributed by atoms with Crippen LogP contribution in [0.25, 0.3) is 22.4 Å². The molecule has 3 aromatic heterocycles. The van der Waals surface area contributed by atoms with Crippen LogP contribution in [0.15, 0.2) is 29.2 Å². The number of hydrogen-bond acceptors (Lipinski definition) is 8. The summed E-state index contributed by atoms with van der Waals surface area (Å²) in [6.07, 6.45) is 2.94. The normalized spacial score (nSPS) is 13.9. The molecule has 0 spiro atoms. The maximum Gasteiger partial charge on any atom is 0.228 e. The van der Waals surface area contributed by atoms with Gasteiger partial charge in [0.1, 0.15) is 17.2 Å². The number of carbonyl (C=O) groups is 1. The number of nitrogens with zero attached hydrogens (tertiary/aromatic N) is 3. The number of anilines is 3. The van der Waals surface area contributed by atoms with E-state index in [0.717, 1.165) is 34.0 Å². The molecule has 0 bridgehead atoms. The van der Waals surface area contributed by atoms with Gasteiger partial charge in [0.05, 0.1) is 27.0 Å². The summed E-state index contributed by atoms with van der Waals surface area (Å²) in [4.78, 5) is 30.1. The predicted molar refractivity (Wildman–Crippen MR) is 133 cm³/mol. The summed E-state index contributed by atoms with van der Waals surface area (Å²) in [7, 11) is -3.57. The lowest BCUT2D eigenvalue weighted by Crippen LogP contribution is -2.14. The van der Waals surface area contributed by atoms with E-state index in [1.165, 1.54) is 6.26 Å². The quantitative estimate of drug-likeness (QED) is 0.358. The van der Waals surface area contributed by atoms with E-state index in [0.29, 0.717) is 34.2 Å². The van der Waals surface area contributed by atoms with Gasteiger partial charge in [0.25, 0.3) is 0 Å². The van der Waals surface area contributed by atoms with Crippen molar-refractivity contribution < 1.29 is 13.2 Å². The average molecular weight is 497 g/mol. The van der Waals surface area contributed by atoms with Crippen LogP contribution in [0.4, 0.5) is 17.2 Å². The minimum Gasteiger partial charge on any atom is -0.352 e. The number of hydrogen-bond donors (Lipinski definition) is 3. The highest BCUT2D eigenvalue weighted by Gasteiger charge is 2.30. The van der Waals surface area contributed by atoms with Crippen LogP contribution in [0.2, 0.25) is 0 Å². The zero-order valence-corrected chi connectivity index (χ0v) is 20.8. The summed E-state index contributed by atoms with van der Waals surface area (Å²) in [6.45, 7) is 5.70. The van der Waals surface area contributed by atoms with Gasteiger partial charge in [0, 0.05) is 28.7 Å². The Hall–Kier alpha value is -3.31. The number of aromatic amines is 1. The van der Waals surface area contributed by atoms with Gasteiger partial charge in [-0.25, -0.2) is 23.4 Å². The first-order chi connectivity index (χ1) is 16.1. The molecule has 11 heteroatoms. The first kappa shape index (κ1) is 22.5. The predicted octanol–water partition coefficient (Wildman–Crippen LogP) is 4.50. The highest BCUT2D eigenvalue weighted by atomic mass is 32.2. The second-order valence-electron chi connectivity index (χ2n) is 8.58. The molecule has 1 aliphatic carbocycles. The van der Waals surface area contributed by atoms with Crippen molar-refractivity contribution in [2.24, 2.45) is 5.92 Å². The van der Waals surface area contributed by atoms with Crippen LogP contribution in [0.5, 0.6) is 0 Å². The number of imidazole rings is 1. The summed E-state index contributed by atoms with van der Waals surface area (Å²) < 4.78 is 25.5. The fourth-order valence-corrected chi connectivity index (χ4v) is 5.56. The molecule has 1 fully saturated rings. The van der Waals surface area contributed by atoms with Crippen molar-refractivity contribution in [1.82, 2.24) is 19.9 Å². The Morgan fingerprint density at radius 2 is 1.85 bits per heavy atom. The Morgan fingerprint density at radius 3 is 2.50 bits per heavy atom. The van der Waals surface area contributed by atoms with Crippen molar-refractivity contribution in [1.29, 1.82) is 0 Å². The van der Waals surface area contributed by atoms with Gasteiger partial charge in [-0.15, -0.1) is 11.3 Å². The molecule has 1 aromatic carbocycles. The molecular weight excluding hydrogens is 472 g/mol. The van der Waals surface area contributed by atoms with Crippen LogP contribution < -0.4 is 10.6 Å². The standard InChI is InChI=1S/C23H24N6O3S2/c1-11-20(26-13(3)33-11)15-7-8-16(18(9-15)34(4,31)32)27-17-10-19(29-23(30)14-5-6-14)28-22-21(17)24-12(2)25-22/h7-10,14H,5-6H2,1-4H3,(H3,24,25,27,28,29,30). The van der Waals surface area contributed by atoms with E-state index in [-0.39, 0.29) is 16.7 Å². The van der Waals surface area contributed by atoms with Crippen molar-refractivity contribution in [2.45, 2.75) is 38.5 Å². The van der Waals surface area contributed by atoms with Gasteiger partial charge >= 0.3 is 0 Å². The molecule has 3 N–H and O–H groups in total. The third-order valence-electron chi connectivity index (χ3n) is 5.60. The molecule has 9 nitrogen and oxygen atoms in total. The third-order valence-corrected chi connectivity index (χ3v) is 7.62. The lowest BCUT2D eigenvalue weighted by molar-refractivity contribution is -0.117. The first-order valence-corrected chi connectivity index (χ1v) is 13.5. The van der Waals surface area contributed by atoms with E-state index >= 15 is 0 Å².